The highest BCUT2D eigenvalue weighted by atomic mass is 16.7. The molecule has 0 unspecified atom stereocenters. The molecule has 2 amide bonds. The lowest BCUT2D eigenvalue weighted by molar-refractivity contribution is -0.0620. The Balaban J connectivity index is 1.73. The van der Waals surface area contributed by atoms with Crippen LogP contribution in [0.1, 0.15) is 36.6 Å². The van der Waals surface area contributed by atoms with E-state index in [-0.39, 0.29) is 5.56 Å². The van der Waals surface area contributed by atoms with E-state index in [0.717, 1.165) is 10.9 Å². The Kier molecular flexibility index (Phi) is 3.35. The van der Waals surface area contributed by atoms with Crippen LogP contribution in [-0.4, -0.2) is 22.8 Å². The maximum absolute atomic E-state index is 12.7. The van der Waals surface area contributed by atoms with Crippen molar-refractivity contribution < 1.29 is 19.2 Å². The first-order chi connectivity index (χ1) is 12.1. The number of hydrogen-bond donors (Lipinski definition) is 0. The summed E-state index contributed by atoms with van der Waals surface area (Å²) in [6, 6.07) is 17.0. The number of aryl methyl sites for hydroxylation is 1. The average molecular weight is 331 g/mol. The molecule has 0 aromatic heterocycles. The lowest BCUT2D eigenvalue weighted by atomic mass is 9.95. The highest BCUT2D eigenvalue weighted by molar-refractivity contribution is 6.25. The second-order valence-corrected chi connectivity index (χ2v) is 5.86. The van der Waals surface area contributed by atoms with Crippen LogP contribution in [0.4, 0.5) is 0 Å². The van der Waals surface area contributed by atoms with Gasteiger partial charge in [-0.2, -0.15) is 0 Å². The Morgan fingerprint density at radius 2 is 1.40 bits per heavy atom. The molecule has 5 heteroatoms. The van der Waals surface area contributed by atoms with Gasteiger partial charge >= 0.3 is 5.97 Å². The monoisotopic (exact) mass is 331 g/mol. The van der Waals surface area contributed by atoms with Crippen molar-refractivity contribution >= 4 is 28.6 Å². The van der Waals surface area contributed by atoms with Crippen LogP contribution in [0.3, 0.4) is 0 Å². The smallest absolute Gasteiger partial charge is 0.324 e. The molecule has 5 nitrogen and oxygen atoms in total. The van der Waals surface area contributed by atoms with Crippen LogP contribution in [0.5, 0.6) is 0 Å². The Morgan fingerprint density at radius 3 is 1.96 bits per heavy atom. The maximum Gasteiger partial charge on any atom is 0.363 e. The largest absolute Gasteiger partial charge is 0.363 e. The summed E-state index contributed by atoms with van der Waals surface area (Å²) in [6.45, 7) is 1.89. The third kappa shape index (κ3) is 2.37. The summed E-state index contributed by atoms with van der Waals surface area (Å²) in [4.78, 5) is 42.8. The summed E-state index contributed by atoms with van der Waals surface area (Å²) in [7, 11) is 0. The van der Waals surface area contributed by atoms with Crippen LogP contribution in [0.2, 0.25) is 0 Å². The first-order valence-electron chi connectivity index (χ1n) is 7.76. The zero-order valence-electron chi connectivity index (χ0n) is 13.4. The lowest BCUT2D eigenvalue weighted by Gasteiger charge is -2.25. The van der Waals surface area contributed by atoms with Crippen molar-refractivity contribution in [3.8, 4) is 0 Å². The zero-order valence-corrected chi connectivity index (χ0v) is 13.4. The summed E-state index contributed by atoms with van der Waals surface area (Å²) in [5.41, 5.74) is 1.93. The van der Waals surface area contributed by atoms with E-state index in [2.05, 4.69) is 0 Å². The number of nitrogens with zero attached hydrogens (tertiary/aromatic N) is 1. The SMILES string of the molecule is Cc1ccc(C(=O)ON2C(=O)c3cccc4cccc(c34)C2=O)cc1. The van der Waals surface area contributed by atoms with Gasteiger partial charge in [-0.3, -0.25) is 9.59 Å². The molecule has 0 bridgehead atoms. The molecular weight excluding hydrogens is 318 g/mol. The molecule has 0 N–H and O–H groups in total. The van der Waals surface area contributed by atoms with Crippen molar-refractivity contribution in [2.24, 2.45) is 0 Å². The predicted octanol–water partition coefficient (Wildman–Crippen LogP) is 3.52. The third-order valence-corrected chi connectivity index (χ3v) is 4.20. The summed E-state index contributed by atoms with van der Waals surface area (Å²) in [6.07, 6.45) is 0. The topological polar surface area (TPSA) is 63.7 Å². The van der Waals surface area contributed by atoms with Crippen molar-refractivity contribution in [1.29, 1.82) is 0 Å². The number of rotatable bonds is 2. The van der Waals surface area contributed by atoms with E-state index in [1.807, 2.05) is 19.1 Å². The average Bonchev–Trinajstić information content (AvgIpc) is 2.63. The first-order valence-corrected chi connectivity index (χ1v) is 7.76. The number of hydrogen-bond acceptors (Lipinski definition) is 4. The van der Waals surface area contributed by atoms with Crippen molar-refractivity contribution in [2.45, 2.75) is 6.92 Å². The summed E-state index contributed by atoms with van der Waals surface area (Å²) in [5, 5.41) is 1.92. The number of amides is 2. The van der Waals surface area contributed by atoms with Crippen LogP contribution in [0.25, 0.3) is 10.8 Å². The van der Waals surface area contributed by atoms with Gasteiger partial charge in [0.25, 0.3) is 11.8 Å². The summed E-state index contributed by atoms with van der Waals surface area (Å²) < 4.78 is 0. The van der Waals surface area contributed by atoms with Crippen LogP contribution in [-0.2, 0) is 4.84 Å². The van der Waals surface area contributed by atoms with Gasteiger partial charge in [0.15, 0.2) is 0 Å². The second kappa shape index (κ2) is 5.56. The minimum atomic E-state index is -0.756. The van der Waals surface area contributed by atoms with Crippen molar-refractivity contribution in [3.05, 3.63) is 82.9 Å². The minimum absolute atomic E-state index is 0.267. The molecule has 3 aromatic carbocycles. The quantitative estimate of drug-likeness (QED) is 0.674. The molecule has 0 radical (unpaired) electrons. The minimum Gasteiger partial charge on any atom is -0.324 e. The van der Waals surface area contributed by atoms with Gasteiger partial charge in [0.2, 0.25) is 0 Å². The van der Waals surface area contributed by atoms with Crippen LogP contribution >= 0.6 is 0 Å². The van der Waals surface area contributed by atoms with E-state index in [0.29, 0.717) is 21.6 Å². The molecule has 1 aliphatic rings. The second-order valence-electron chi connectivity index (χ2n) is 5.86. The molecule has 4 rings (SSSR count). The molecule has 0 saturated heterocycles. The predicted molar refractivity (Wildman–Crippen MR) is 91.0 cm³/mol. The molecule has 1 aliphatic heterocycles. The summed E-state index contributed by atoms with van der Waals surface area (Å²) in [5.74, 6) is -2.04. The highest BCUT2D eigenvalue weighted by Crippen LogP contribution is 2.30. The molecular formula is C20H13NO4. The van der Waals surface area contributed by atoms with Crippen molar-refractivity contribution in [3.63, 3.8) is 0 Å². The number of carbonyl (C=O) groups excluding carboxylic acids is 3. The Labute approximate surface area is 143 Å². The lowest BCUT2D eigenvalue weighted by Crippen LogP contribution is -2.41. The van der Waals surface area contributed by atoms with Crippen LogP contribution in [0.15, 0.2) is 60.7 Å². The Bertz CT molecular complexity index is 987. The maximum atomic E-state index is 12.7. The molecule has 0 atom stereocenters. The Hall–Kier alpha value is -3.47. The number of benzene rings is 3. The van der Waals surface area contributed by atoms with Crippen molar-refractivity contribution in [2.75, 3.05) is 0 Å². The number of hydroxylamine groups is 2. The van der Waals surface area contributed by atoms with Gasteiger partial charge < -0.3 is 4.84 Å². The van der Waals surface area contributed by atoms with E-state index in [9.17, 15) is 14.4 Å². The normalized spacial score (nSPS) is 13.2. The third-order valence-electron chi connectivity index (χ3n) is 4.20. The first kappa shape index (κ1) is 15.1. The van der Waals surface area contributed by atoms with Gasteiger partial charge in [0, 0.05) is 5.39 Å². The van der Waals surface area contributed by atoms with E-state index in [1.165, 1.54) is 0 Å². The van der Waals surface area contributed by atoms with E-state index < -0.39 is 17.8 Å². The molecule has 0 spiro atoms. The van der Waals surface area contributed by atoms with E-state index in [1.54, 1.807) is 48.5 Å². The number of carbonyl (C=O) groups is 3. The Morgan fingerprint density at radius 1 is 0.840 bits per heavy atom. The molecule has 122 valence electrons. The fourth-order valence-corrected chi connectivity index (χ4v) is 2.92. The molecule has 0 fully saturated rings. The van der Waals surface area contributed by atoms with Gasteiger partial charge in [-0.1, -0.05) is 47.0 Å². The van der Waals surface area contributed by atoms with Gasteiger partial charge in [-0.15, -0.1) is 0 Å². The van der Waals surface area contributed by atoms with E-state index in [4.69, 9.17) is 4.84 Å². The van der Waals surface area contributed by atoms with Crippen LogP contribution in [0, 0.1) is 6.92 Å². The molecule has 1 heterocycles. The van der Waals surface area contributed by atoms with Crippen molar-refractivity contribution in [1.82, 2.24) is 5.06 Å². The zero-order chi connectivity index (χ0) is 17.6. The molecule has 0 saturated carbocycles. The van der Waals surface area contributed by atoms with Crippen LogP contribution < -0.4 is 0 Å². The summed E-state index contributed by atoms with van der Waals surface area (Å²) >= 11 is 0. The molecule has 25 heavy (non-hydrogen) atoms. The standard InChI is InChI=1S/C20H13NO4/c1-12-8-10-14(11-9-12)20(24)25-21-18(22)15-6-2-4-13-5-3-7-16(17(13)15)19(21)23/h2-11H,1H3. The fourth-order valence-electron chi connectivity index (χ4n) is 2.92. The van der Waals surface area contributed by atoms with Gasteiger partial charge in [0.05, 0.1) is 16.7 Å². The highest BCUT2D eigenvalue weighted by Gasteiger charge is 2.36. The fraction of sp³-hybridized carbons (Fsp3) is 0.0500. The van der Waals surface area contributed by atoms with Gasteiger partial charge in [-0.25, -0.2) is 4.79 Å². The van der Waals surface area contributed by atoms with E-state index >= 15 is 0 Å². The van der Waals surface area contributed by atoms with Gasteiger partial charge in [0.1, 0.15) is 0 Å². The molecule has 0 aliphatic carbocycles. The van der Waals surface area contributed by atoms with Gasteiger partial charge in [-0.05, 0) is 36.6 Å². The molecule has 3 aromatic rings. The number of imide groups is 1.